The zero-order valence-corrected chi connectivity index (χ0v) is 9.72. The fourth-order valence-corrected chi connectivity index (χ4v) is 1.68. The molecule has 2 nitrogen and oxygen atoms in total. The van der Waals surface area contributed by atoms with Crippen molar-refractivity contribution < 1.29 is 9.47 Å². The molecule has 0 aliphatic heterocycles. The van der Waals surface area contributed by atoms with E-state index >= 15 is 0 Å². The van der Waals surface area contributed by atoms with Crippen molar-refractivity contribution in [2.24, 2.45) is 5.41 Å². The molecule has 0 bridgehead atoms. The van der Waals surface area contributed by atoms with E-state index in [1.807, 2.05) is 0 Å². The molecule has 0 rings (SSSR count). The maximum atomic E-state index is 5.27. The van der Waals surface area contributed by atoms with Gasteiger partial charge in [-0.15, -0.1) is 0 Å². The average Bonchev–Trinajstić information content (AvgIpc) is 2.06. The third-order valence-electron chi connectivity index (χ3n) is 2.49. The molecule has 13 heavy (non-hydrogen) atoms. The minimum atomic E-state index is -0.0793. The summed E-state index contributed by atoms with van der Waals surface area (Å²) >= 11 is 0. The Hall–Kier alpha value is -0.0800. The zero-order valence-electron chi connectivity index (χ0n) is 9.72. The predicted octanol–water partition coefficient (Wildman–Crippen LogP) is 3.21. The molecule has 0 N–H and O–H groups in total. The van der Waals surface area contributed by atoms with Crippen molar-refractivity contribution in [2.75, 3.05) is 14.2 Å². The van der Waals surface area contributed by atoms with Crippen molar-refractivity contribution >= 4 is 0 Å². The first-order valence-corrected chi connectivity index (χ1v) is 5.14. The van der Waals surface area contributed by atoms with Gasteiger partial charge in [0.1, 0.15) is 0 Å². The molecule has 0 saturated carbocycles. The summed E-state index contributed by atoms with van der Waals surface area (Å²) in [6.45, 7) is 6.61. The molecule has 0 spiro atoms. The van der Waals surface area contributed by atoms with Gasteiger partial charge in [-0.25, -0.2) is 0 Å². The maximum absolute atomic E-state index is 5.27. The summed E-state index contributed by atoms with van der Waals surface area (Å²) < 4.78 is 10.5. The Kier molecular flexibility index (Phi) is 6.35. The molecule has 0 fully saturated rings. The van der Waals surface area contributed by atoms with Crippen LogP contribution in [0.4, 0.5) is 0 Å². The van der Waals surface area contributed by atoms with E-state index in [0.717, 1.165) is 6.42 Å². The first kappa shape index (κ1) is 12.9. The minimum Gasteiger partial charge on any atom is -0.355 e. The summed E-state index contributed by atoms with van der Waals surface area (Å²) in [5.74, 6) is 0. The van der Waals surface area contributed by atoms with E-state index in [1.54, 1.807) is 14.2 Å². The first-order chi connectivity index (χ1) is 6.08. The van der Waals surface area contributed by atoms with Crippen molar-refractivity contribution in [3.05, 3.63) is 0 Å². The number of hydrogen-bond donors (Lipinski definition) is 0. The standard InChI is InChI=1S/C11H24O2/c1-6-7-8-9-11(2,3)10(12-4)13-5/h10H,6-9H2,1-5H3. The highest BCUT2D eigenvalue weighted by Crippen LogP contribution is 2.29. The second-order valence-corrected chi connectivity index (χ2v) is 4.25. The third-order valence-corrected chi connectivity index (χ3v) is 2.49. The predicted molar refractivity (Wildman–Crippen MR) is 55.7 cm³/mol. The molecule has 2 heteroatoms. The van der Waals surface area contributed by atoms with E-state index in [0.29, 0.717) is 0 Å². The zero-order chi connectivity index (χ0) is 10.3. The van der Waals surface area contributed by atoms with Crippen LogP contribution in [0.3, 0.4) is 0 Å². The summed E-state index contributed by atoms with van der Waals surface area (Å²) in [4.78, 5) is 0. The van der Waals surface area contributed by atoms with Gasteiger partial charge in [0, 0.05) is 19.6 Å². The number of rotatable bonds is 7. The molecule has 0 aromatic carbocycles. The lowest BCUT2D eigenvalue weighted by molar-refractivity contribution is -0.169. The lowest BCUT2D eigenvalue weighted by atomic mass is 9.86. The summed E-state index contributed by atoms with van der Waals surface area (Å²) in [5, 5.41) is 0. The maximum Gasteiger partial charge on any atom is 0.161 e. The molecule has 0 unspecified atom stereocenters. The summed E-state index contributed by atoms with van der Waals surface area (Å²) in [6, 6.07) is 0. The van der Waals surface area contributed by atoms with Gasteiger partial charge in [-0.05, 0) is 6.42 Å². The fraction of sp³-hybridized carbons (Fsp3) is 1.00. The summed E-state index contributed by atoms with van der Waals surface area (Å²) in [5.41, 5.74) is 0.124. The van der Waals surface area contributed by atoms with E-state index in [1.165, 1.54) is 19.3 Å². The van der Waals surface area contributed by atoms with Gasteiger partial charge >= 0.3 is 0 Å². The number of methoxy groups -OCH3 is 2. The largest absolute Gasteiger partial charge is 0.355 e. The van der Waals surface area contributed by atoms with E-state index in [4.69, 9.17) is 9.47 Å². The van der Waals surface area contributed by atoms with Gasteiger partial charge in [-0.3, -0.25) is 0 Å². The van der Waals surface area contributed by atoms with Gasteiger partial charge in [0.2, 0.25) is 0 Å². The lowest BCUT2D eigenvalue weighted by Crippen LogP contribution is -2.32. The van der Waals surface area contributed by atoms with Crippen LogP contribution in [0, 0.1) is 5.41 Å². The van der Waals surface area contributed by atoms with E-state index in [9.17, 15) is 0 Å². The molecule has 0 saturated heterocycles. The molecule has 0 aromatic rings. The van der Waals surface area contributed by atoms with Crippen LogP contribution in [-0.4, -0.2) is 20.5 Å². The molecule has 0 aliphatic carbocycles. The summed E-state index contributed by atoms with van der Waals surface area (Å²) in [7, 11) is 3.41. The second-order valence-electron chi connectivity index (χ2n) is 4.25. The van der Waals surface area contributed by atoms with Crippen molar-refractivity contribution in [3.63, 3.8) is 0 Å². The molecule has 0 radical (unpaired) electrons. The van der Waals surface area contributed by atoms with E-state index in [2.05, 4.69) is 20.8 Å². The van der Waals surface area contributed by atoms with Crippen molar-refractivity contribution in [3.8, 4) is 0 Å². The van der Waals surface area contributed by atoms with Crippen LogP contribution < -0.4 is 0 Å². The third kappa shape index (κ3) is 4.63. The first-order valence-electron chi connectivity index (χ1n) is 5.14. The second kappa shape index (κ2) is 6.39. The van der Waals surface area contributed by atoms with Gasteiger partial charge in [0.25, 0.3) is 0 Å². The molecule has 0 heterocycles. The van der Waals surface area contributed by atoms with Crippen molar-refractivity contribution in [1.29, 1.82) is 0 Å². The summed E-state index contributed by atoms with van der Waals surface area (Å²) in [6.07, 6.45) is 4.90. The van der Waals surface area contributed by atoms with Crippen LogP contribution in [0.5, 0.6) is 0 Å². The Morgan fingerprint density at radius 2 is 1.62 bits per heavy atom. The Labute approximate surface area is 82.6 Å². The number of hydrogen-bond acceptors (Lipinski definition) is 2. The van der Waals surface area contributed by atoms with Crippen LogP contribution in [0.15, 0.2) is 0 Å². The van der Waals surface area contributed by atoms with Crippen molar-refractivity contribution in [2.45, 2.75) is 52.7 Å². The van der Waals surface area contributed by atoms with E-state index < -0.39 is 0 Å². The van der Waals surface area contributed by atoms with E-state index in [-0.39, 0.29) is 11.7 Å². The van der Waals surface area contributed by atoms with Gasteiger partial charge < -0.3 is 9.47 Å². The van der Waals surface area contributed by atoms with Crippen LogP contribution in [0.25, 0.3) is 0 Å². The molecular weight excluding hydrogens is 164 g/mol. The highest BCUT2D eigenvalue weighted by molar-refractivity contribution is 4.72. The average molecular weight is 188 g/mol. The molecule has 0 amide bonds. The lowest BCUT2D eigenvalue weighted by Gasteiger charge is -2.31. The van der Waals surface area contributed by atoms with Crippen LogP contribution in [0.1, 0.15) is 46.5 Å². The Bertz CT molecular complexity index is 117. The Balaban J connectivity index is 3.88. The van der Waals surface area contributed by atoms with Crippen LogP contribution in [0.2, 0.25) is 0 Å². The van der Waals surface area contributed by atoms with Gasteiger partial charge in [-0.1, -0.05) is 40.0 Å². The molecule has 80 valence electrons. The monoisotopic (exact) mass is 188 g/mol. The van der Waals surface area contributed by atoms with Crippen LogP contribution >= 0.6 is 0 Å². The Morgan fingerprint density at radius 3 is 2.00 bits per heavy atom. The molecule has 0 atom stereocenters. The minimum absolute atomic E-state index is 0.0793. The molecule has 0 aromatic heterocycles. The normalized spacial score (nSPS) is 12.5. The van der Waals surface area contributed by atoms with Gasteiger partial charge in [0.15, 0.2) is 6.29 Å². The van der Waals surface area contributed by atoms with Gasteiger partial charge in [0.05, 0.1) is 0 Å². The molecular formula is C11H24O2. The highest BCUT2D eigenvalue weighted by atomic mass is 16.7. The number of unbranched alkanes of at least 4 members (excludes halogenated alkanes) is 2. The molecule has 0 aliphatic rings. The number of ether oxygens (including phenoxy) is 2. The quantitative estimate of drug-likeness (QED) is 0.451. The van der Waals surface area contributed by atoms with Gasteiger partial charge in [-0.2, -0.15) is 0 Å². The van der Waals surface area contributed by atoms with Crippen molar-refractivity contribution in [1.82, 2.24) is 0 Å². The van der Waals surface area contributed by atoms with Crippen LogP contribution in [-0.2, 0) is 9.47 Å². The smallest absolute Gasteiger partial charge is 0.161 e. The fourth-order valence-electron chi connectivity index (χ4n) is 1.68. The SMILES string of the molecule is CCCCCC(C)(C)C(OC)OC. The Morgan fingerprint density at radius 1 is 1.08 bits per heavy atom. The topological polar surface area (TPSA) is 18.5 Å². The highest BCUT2D eigenvalue weighted by Gasteiger charge is 2.28.